The number of hydrogen-bond acceptors (Lipinski definition) is 4. The van der Waals surface area contributed by atoms with Crippen molar-refractivity contribution in [2.24, 2.45) is 0 Å². The summed E-state index contributed by atoms with van der Waals surface area (Å²) in [6.45, 7) is 6.31. The molecule has 0 aromatic rings. The summed E-state index contributed by atoms with van der Waals surface area (Å²) in [6, 6.07) is 0. The van der Waals surface area contributed by atoms with E-state index in [-0.39, 0.29) is 30.9 Å². The lowest BCUT2D eigenvalue weighted by Gasteiger charge is -2.10. The van der Waals surface area contributed by atoms with E-state index in [0.29, 0.717) is 19.4 Å². The molecule has 0 N–H and O–H groups in total. The largest absolute Gasteiger partial charge is 0.466 e. The van der Waals surface area contributed by atoms with Crippen LogP contribution in [-0.4, -0.2) is 24.6 Å². The van der Waals surface area contributed by atoms with Gasteiger partial charge in [0.1, 0.15) is 0 Å². The van der Waals surface area contributed by atoms with Crippen molar-refractivity contribution in [1.29, 1.82) is 0 Å². The van der Waals surface area contributed by atoms with E-state index in [1.165, 1.54) is 25.7 Å². The van der Waals surface area contributed by atoms with Gasteiger partial charge in [0.15, 0.2) is 6.10 Å². The van der Waals surface area contributed by atoms with Gasteiger partial charge in [0.05, 0.1) is 6.61 Å². The maximum absolute atomic E-state index is 11.6. The fraction of sp³-hybridized carbons (Fsp3) is 0.789. The Morgan fingerprint density at radius 1 is 0.913 bits per heavy atom. The highest BCUT2D eigenvalue weighted by Crippen LogP contribution is 2.07. The number of esters is 2. The number of unbranched alkanes of at least 4 members (excludes halogenated alkanes) is 5. The van der Waals surface area contributed by atoms with Crippen LogP contribution >= 0.6 is 0 Å². The van der Waals surface area contributed by atoms with Gasteiger partial charge in [-0.25, -0.2) is 0 Å². The molecule has 4 nitrogen and oxygen atoms in total. The summed E-state index contributed by atoms with van der Waals surface area (Å²) >= 11 is 0. The lowest BCUT2D eigenvalue weighted by Crippen LogP contribution is -2.16. The van der Waals surface area contributed by atoms with Crippen LogP contribution in [0.3, 0.4) is 0 Å². The van der Waals surface area contributed by atoms with Crippen LogP contribution in [0, 0.1) is 11.8 Å². The summed E-state index contributed by atoms with van der Waals surface area (Å²) in [5.41, 5.74) is 0. The van der Waals surface area contributed by atoms with E-state index in [1.807, 2.05) is 6.92 Å². The third-order valence-corrected chi connectivity index (χ3v) is 3.47. The van der Waals surface area contributed by atoms with Gasteiger partial charge in [-0.2, -0.15) is 0 Å². The van der Waals surface area contributed by atoms with Crippen molar-refractivity contribution in [1.82, 2.24) is 0 Å². The molecule has 0 rings (SSSR count). The molecular formula is C19H32O4. The molecule has 4 heteroatoms. The minimum absolute atomic E-state index is 0.230. The maximum Gasteiger partial charge on any atom is 0.307 e. The van der Waals surface area contributed by atoms with Crippen LogP contribution < -0.4 is 0 Å². The van der Waals surface area contributed by atoms with Crippen LogP contribution in [-0.2, 0) is 19.1 Å². The first-order chi connectivity index (χ1) is 11.1. The molecule has 0 aliphatic carbocycles. The molecule has 0 aliphatic heterocycles. The fourth-order valence-corrected chi connectivity index (χ4v) is 2.11. The van der Waals surface area contributed by atoms with E-state index in [1.54, 1.807) is 6.92 Å². The van der Waals surface area contributed by atoms with Crippen LogP contribution in [0.25, 0.3) is 0 Å². The van der Waals surface area contributed by atoms with Crippen LogP contribution in [0.1, 0.15) is 85.0 Å². The highest BCUT2D eigenvalue weighted by molar-refractivity contribution is 5.72. The van der Waals surface area contributed by atoms with Crippen molar-refractivity contribution in [2.75, 3.05) is 6.61 Å². The zero-order chi connectivity index (χ0) is 17.3. The van der Waals surface area contributed by atoms with Crippen molar-refractivity contribution < 1.29 is 19.1 Å². The molecule has 0 saturated carbocycles. The van der Waals surface area contributed by atoms with Gasteiger partial charge >= 0.3 is 11.9 Å². The molecule has 0 saturated heterocycles. The normalized spacial score (nSPS) is 11.3. The molecular weight excluding hydrogens is 292 g/mol. The van der Waals surface area contributed by atoms with Crippen molar-refractivity contribution in [3.63, 3.8) is 0 Å². The average Bonchev–Trinajstić information content (AvgIpc) is 2.53. The number of carbonyl (C=O) groups is 2. The molecule has 0 aromatic heterocycles. The molecule has 0 heterocycles. The minimum atomic E-state index is -0.341. The van der Waals surface area contributed by atoms with Crippen LogP contribution in [0.5, 0.6) is 0 Å². The molecule has 0 spiro atoms. The van der Waals surface area contributed by atoms with Crippen LogP contribution in [0.2, 0.25) is 0 Å². The molecule has 0 bridgehead atoms. The van der Waals surface area contributed by atoms with Crippen molar-refractivity contribution in [3.05, 3.63) is 0 Å². The van der Waals surface area contributed by atoms with Gasteiger partial charge in [-0.1, -0.05) is 51.9 Å². The van der Waals surface area contributed by atoms with E-state index in [4.69, 9.17) is 9.47 Å². The second-order valence-electron chi connectivity index (χ2n) is 5.62. The Kier molecular flexibility index (Phi) is 14.4. The highest BCUT2D eigenvalue weighted by Gasteiger charge is 2.11. The molecule has 0 fully saturated rings. The quantitative estimate of drug-likeness (QED) is 0.286. The standard InChI is InChI=1S/C19H32O4/c1-4-7-8-9-10-11-16-22-18(20)14-12-15-19(21)23-17(6-3)13-5-2/h17H,4,6-12,14-16H2,1-3H3. The Bertz CT molecular complexity index is 379. The van der Waals surface area contributed by atoms with Gasteiger partial charge in [-0.3, -0.25) is 9.59 Å². The Balaban J connectivity index is 3.58. The van der Waals surface area contributed by atoms with Crippen LogP contribution in [0.15, 0.2) is 0 Å². The Labute approximate surface area is 141 Å². The summed E-state index contributed by atoms with van der Waals surface area (Å²) < 4.78 is 10.4. The van der Waals surface area contributed by atoms with Gasteiger partial charge in [-0.15, -0.1) is 5.92 Å². The molecule has 0 aromatic carbocycles. The monoisotopic (exact) mass is 324 g/mol. The Morgan fingerprint density at radius 2 is 1.57 bits per heavy atom. The fourth-order valence-electron chi connectivity index (χ4n) is 2.11. The zero-order valence-corrected chi connectivity index (χ0v) is 15.0. The summed E-state index contributed by atoms with van der Waals surface area (Å²) in [7, 11) is 0. The van der Waals surface area contributed by atoms with Crippen molar-refractivity contribution in [2.45, 2.75) is 91.1 Å². The lowest BCUT2D eigenvalue weighted by atomic mass is 10.1. The molecule has 0 aliphatic rings. The van der Waals surface area contributed by atoms with Crippen molar-refractivity contribution >= 4 is 11.9 Å². The third kappa shape index (κ3) is 13.9. The van der Waals surface area contributed by atoms with E-state index in [0.717, 1.165) is 12.8 Å². The molecule has 23 heavy (non-hydrogen) atoms. The zero-order valence-electron chi connectivity index (χ0n) is 15.0. The maximum atomic E-state index is 11.6. The first-order valence-electron chi connectivity index (χ1n) is 8.91. The average molecular weight is 324 g/mol. The molecule has 0 amide bonds. The van der Waals surface area contributed by atoms with Gasteiger partial charge in [-0.05, 0) is 26.2 Å². The molecule has 0 radical (unpaired) electrons. The first-order valence-corrected chi connectivity index (χ1v) is 8.91. The van der Waals surface area contributed by atoms with Gasteiger partial charge in [0.2, 0.25) is 0 Å². The third-order valence-electron chi connectivity index (χ3n) is 3.47. The minimum Gasteiger partial charge on any atom is -0.466 e. The number of hydrogen-bond donors (Lipinski definition) is 0. The van der Waals surface area contributed by atoms with Gasteiger partial charge < -0.3 is 9.47 Å². The van der Waals surface area contributed by atoms with E-state index < -0.39 is 0 Å². The van der Waals surface area contributed by atoms with E-state index in [2.05, 4.69) is 18.8 Å². The number of carbonyl (C=O) groups excluding carboxylic acids is 2. The van der Waals surface area contributed by atoms with E-state index in [9.17, 15) is 9.59 Å². The molecule has 132 valence electrons. The predicted molar refractivity (Wildman–Crippen MR) is 91.8 cm³/mol. The Morgan fingerprint density at radius 3 is 2.22 bits per heavy atom. The second kappa shape index (κ2) is 15.4. The molecule has 1 unspecified atom stereocenters. The smallest absolute Gasteiger partial charge is 0.307 e. The lowest BCUT2D eigenvalue weighted by molar-refractivity contribution is -0.147. The van der Waals surface area contributed by atoms with E-state index >= 15 is 0 Å². The second-order valence-corrected chi connectivity index (χ2v) is 5.62. The SMILES string of the molecule is CC#CC(CC)OC(=O)CCCC(=O)OCCCCCCCC. The summed E-state index contributed by atoms with van der Waals surface area (Å²) in [5.74, 6) is 5.04. The molecule has 1 atom stereocenters. The topological polar surface area (TPSA) is 52.6 Å². The summed E-state index contributed by atoms with van der Waals surface area (Å²) in [4.78, 5) is 23.2. The highest BCUT2D eigenvalue weighted by atomic mass is 16.5. The Hall–Kier alpha value is -1.50. The van der Waals surface area contributed by atoms with Crippen LogP contribution in [0.4, 0.5) is 0 Å². The van der Waals surface area contributed by atoms with Gasteiger partial charge in [0, 0.05) is 12.8 Å². The number of rotatable bonds is 13. The van der Waals surface area contributed by atoms with Gasteiger partial charge in [0.25, 0.3) is 0 Å². The summed E-state index contributed by atoms with van der Waals surface area (Å²) in [5, 5.41) is 0. The number of ether oxygens (including phenoxy) is 2. The first kappa shape index (κ1) is 21.5. The predicted octanol–water partition coefficient (Wildman–Crippen LogP) is 4.41. The summed E-state index contributed by atoms with van der Waals surface area (Å²) in [6.07, 6.45) is 8.30. The van der Waals surface area contributed by atoms with Crippen molar-refractivity contribution in [3.8, 4) is 11.8 Å².